The summed E-state index contributed by atoms with van der Waals surface area (Å²) >= 11 is 17.6. The molecule has 1 amide bonds. The number of ether oxygens (including phenoxy) is 1. The average molecular weight is 359 g/mol. The predicted octanol–water partition coefficient (Wildman–Crippen LogP) is 5.44. The molecule has 0 saturated heterocycles. The maximum absolute atomic E-state index is 12.4. The molecular formula is C16H14Cl3NO2. The highest BCUT2D eigenvalue weighted by molar-refractivity contribution is 6.35. The number of carbonyl (C=O) groups excluding carboxylic acids is 1. The number of amides is 1. The first-order chi connectivity index (χ1) is 10.3. The molecule has 0 spiro atoms. The van der Waals surface area contributed by atoms with E-state index < -0.39 is 5.60 Å². The van der Waals surface area contributed by atoms with Crippen LogP contribution in [0.15, 0.2) is 42.5 Å². The molecule has 116 valence electrons. The summed E-state index contributed by atoms with van der Waals surface area (Å²) in [6.07, 6.45) is 0. The second-order valence-corrected chi connectivity index (χ2v) is 6.49. The molecule has 0 unspecified atom stereocenters. The zero-order chi connectivity index (χ0) is 16.3. The molecule has 0 atom stereocenters. The maximum Gasteiger partial charge on any atom is 0.267 e. The third kappa shape index (κ3) is 4.54. The van der Waals surface area contributed by atoms with E-state index in [1.54, 1.807) is 56.3 Å². The second kappa shape index (κ2) is 6.78. The summed E-state index contributed by atoms with van der Waals surface area (Å²) < 4.78 is 5.71. The average Bonchev–Trinajstić information content (AvgIpc) is 2.40. The Kier molecular flexibility index (Phi) is 5.22. The van der Waals surface area contributed by atoms with Crippen LogP contribution >= 0.6 is 34.8 Å². The van der Waals surface area contributed by atoms with Gasteiger partial charge in [0, 0.05) is 20.8 Å². The maximum atomic E-state index is 12.4. The van der Waals surface area contributed by atoms with Crippen molar-refractivity contribution in [3.05, 3.63) is 57.5 Å². The van der Waals surface area contributed by atoms with Gasteiger partial charge in [-0.3, -0.25) is 4.79 Å². The molecule has 6 heteroatoms. The van der Waals surface area contributed by atoms with E-state index in [1.807, 2.05) is 0 Å². The van der Waals surface area contributed by atoms with Crippen molar-refractivity contribution in [2.45, 2.75) is 19.4 Å². The Morgan fingerprint density at radius 3 is 2.05 bits per heavy atom. The highest BCUT2D eigenvalue weighted by Gasteiger charge is 2.30. The lowest BCUT2D eigenvalue weighted by Gasteiger charge is -2.25. The number of hydrogen-bond donors (Lipinski definition) is 1. The largest absolute Gasteiger partial charge is 0.478 e. The molecule has 0 heterocycles. The Morgan fingerprint density at radius 2 is 1.50 bits per heavy atom. The first kappa shape index (κ1) is 16.9. The van der Waals surface area contributed by atoms with Gasteiger partial charge in [0.1, 0.15) is 5.75 Å². The molecule has 0 aliphatic carbocycles. The van der Waals surface area contributed by atoms with Crippen LogP contribution in [0.3, 0.4) is 0 Å². The summed E-state index contributed by atoms with van der Waals surface area (Å²) in [6.45, 7) is 3.34. The minimum Gasteiger partial charge on any atom is -0.478 e. The Labute approximate surface area is 144 Å². The van der Waals surface area contributed by atoms with Gasteiger partial charge in [-0.05, 0) is 56.3 Å². The van der Waals surface area contributed by atoms with Gasteiger partial charge in [0.2, 0.25) is 0 Å². The lowest BCUT2D eigenvalue weighted by Crippen LogP contribution is -2.42. The molecule has 0 aromatic heterocycles. The number of anilines is 1. The molecule has 0 aliphatic heterocycles. The summed E-state index contributed by atoms with van der Waals surface area (Å²) in [5, 5.41) is 4.22. The minimum absolute atomic E-state index is 0.319. The summed E-state index contributed by atoms with van der Waals surface area (Å²) in [6, 6.07) is 11.6. The van der Waals surface area contributed by atoms with E-state index in [-0.39, 0.29) is 5.91 Å². The fraction of sp³-hybridized carbons (Fsp3) is 0.188. The SMILES string of the molecule is CC(C)(Oc1ccc(Cl)cc1)C(=O)Nc1cc(Cl)cc(Cl)c1. The van der Waals surface area contributed by atoms with E-state index in [2.05, 4.69) is 5.32 Å². The molecule has 2 aromatic carbocycles. The lowest BCUT2D eigenvalue weighted by molar-refractivity contribution is -0.128. The van der Waals surface area contributed by atoms with Crippen LogP contribution in [0, 0.1) is 0 Å². The molecular weight excluding hydrogens is 345 g/mol. The van der Waals surface area contributed by atoms with Crippen LogP contribution in [-0.2, 0) is 4.79 Å². The summed E-state index contributed by atoms with van der Waals surface area (Å²) in [5.41, 5.74) is -0.571. The van der Waals surface area contributed by atoms with Gasteiger partial charge < -0.3 is 10.1 Å². The van der Waals surface area contributed by atoms with Gasteiger partial charge in [0.25, 0.3) is 5.91 Å². The third-order valence-corrected chi connectivity index (χ3v) is 3.54. The number of hydrogen-bond acceptors (Lipinski definition) is 2. The Morgan fingerprint density at radius 1 is 0.955 bits per heavy atom. The molecule has 2 rings (SSSR count). The van der Waals surface area contributed by atoms with Crippen molar-refractivity contribution in [1.82, 2.24) is 0 Å². The number of benzene rings is 2. The molecule has 1 N–H and O–H groups in total. The van der Waals surface area contributed by atoms with Crippen molar-refractivity contribution < 1.29 is 9.53 Å². The molecule has 3 nitrogen and oxygen atoms in total. The molecule has 0 saturated carbocycles. The van der Waals surface area contributed by atoms with E-state index in [9.17, 15) is 4.79 Å². The summed E-state index contributed by atoms with van der Waals surface area (Å²) in [5.74, 6) is 0.231. The fourth-order valence-electron chi connectivity index (χ4n) is 1.75. The fourth-order valence-corrected chi connectivity index (χ4v) is 2.40. The number of rotatable bonds is 4. The Bertz CT molecular complexity index is 664. The highest BCUT2D eigenvalue weighted by atomic mass is 35.5. The van der Waals surface area contributed by atoms with Gasteiger partial charge in [0.05, 0.1) is 0 Å². The molecule has 2 aromatic rings. The third-order valence-electron chi connectivity index (χ3n) is 2.85. The van der Waals surface area contributed by atoms with Crippen LogP contribution in [0.4, 0.5) is 5.69 Å². The van der Waals surface area contributed by atoms with E-state index in [0.717, 1.165) is 0 Å². The van der Waals surface area contributed by atoms with Crippen molar-refractivity contribution in [3.8, 4) is 5.75 Å². The van der Waals surface area contributed by atoms with Gasteiger partial charge in [-0.2, -0.15) is 0 Å². The first-order valence-corrected chi connectivity index (χ1v) is 7.62. The molecule has 22 heavy (non-hydrogen) atoms. The normalized spacial score (nSPS) is 11.1. The lowest BCUT2D eigenvalue weighted by atomic mass is 10.1. The van der Waals surface area contributed by atoms with Crippen LogP contribution in [0.25, 0.3) is 0 Å². The number of carbonyl (C=O) groups is 1. The van der Waals surface area contributed by atoms with Crippen molar-refractivity contribution >= 4 is 46.4 Å². The molecule has 0 radical (unpaired) electrons. The van der Waals surface area contributed by atoms with Crippen molar-refractivity contribution in [3.63, 3.8) is 0 Å². The monoisotopic (exact) mass is 357 g/mol. The minimum atomic E-state index is -1.08. The molecule has 0 fully saturated rings. The Balaban J connectivity index is 2.11. The van der Waals surface area contributed by atoms with E-state index in [1.165, 1.54) is 0 Å². The van der Waals surface area contributed by atoms with Crippen LogP contribution in [0.1, 0.15) is 13.8 Å². The van der Waals surface area contributed by atoms with Crippen molar-refractivity contribution in [1.29, 1.82) is 0 Å². The first-order valence-electron chi connectivity index (χ1n) is 6.48. The number of halogens is 3. The van der Waals surface area contributed by atoms with Crippen molar-refractivity contribution in [2.75, 3.05) is 5.32 Å². The standard InChI is InChI=1S/C16H14Cl3NO2/c1-16(2,22-14-5-3-10(17)4-6-14)15(21)20-13-8-11(18)7-12(19)9-13/h3-9H,1-2H3,(H,20,21). The zero-order valence-electron chi connectivity index (χ0n) is 12.0. The smallest absolute Gasteiger partial charge is 0.267 e. The van der Waals surface area contributed by atoms with Gasteiger partial charge in [0.15, 0.2) is 5.60 Å². The van der Waals surface area contributed by atoms with Gasteiger partial charge in [-0.25, -0.2) is 0 Å². The number of nitrogens with one attached hydrogen (secondary N) is 1. The van der Waals surface area contributed by atoms with Crippen molar-refractivity contribution in [2.24, 2.45) is 0 Å². The van der Waals surface area contributed by atoms with Gasteiger partial charge in [-0.15, -0.1) is 0 Å². The molecule has 0 aliphatic rings. The predicted molar refractivity (Wildman–Crippen MR) is 91.3 cm³/mol. The van der Waals surface area contributed by atoms with Crippen LogP contribution in [0.5, 0.6) is 5.75 Å². The zero-order valence-corrected chi connectivity index (χ0v) is 14.3. The Hall–Kier alpha value is -1.42. The van der Waals surface area contributed by atoms with Gasteiger partial charge >= 0.3 is 0 Å². The second-order valence-electron chi connectivity index (χ2n) is 5.18. The van der Waals surface area contributed by atoms with E-state index in [4.69, 9.17) is 39.5 Å². The highest BCUT2D eigenvalue weighted by Crippen LogP contribution is 2.25. The van der Waals surface area contributed by atoms with E-state index >= 15 is 0 Å². The summed E-state index contributed by atoms with van der Waals surface area (Å²) in [7, 11) is 0. The van der Waals surface area contributed by atoms with Crippen LogP contribution in [0.2, 0.25) is 15.1 Å². The summed E-state index contributed by atoms with van der Waals surface area (Å²) in [4.78, 5) is 12.4. The van der Waals surface area contributed by atoms with Gasteiger partial charge in [-0.1, -0.05) is 34.8 Å². The topological polar surface area (TPSA) is 38.3 Å². The molecule has 0 bridgehead atoms. The van der Waals surface area contributed by atoms with Crippen LogP contribution < -0.4 is 10.1 Å². The van der Waals surface area contributed by atoms with E-state index in [0.29, 0.717) is 26.5 Å². The van der Waals surface area contributed by atoms with Crippen LogP contribution in [-0.4, -0.2) is 11.5 Å². The quantitative estimate of drug-likeness (QED) is 0.790.